The molecule has 3 rings (SSSR count). The van der Waals surface area contributed by atoms with Crippen molar-refractivity contribution in [2.24, 2.45) is 5.92 Å². The lowest BCUT2D eigenvalue weighted by atomic mass is 9.82. The summed E-state index contributed by atoms with van der Waals surface area (Å²) in [5.74, 6) is -1.63. The Bertz CT molecular complexity index is 1110. The molecular formula is C28H36N4O6. The third kappa shape index (κ3) is 7.53. The molecule has 0 aliphatic carbocycles. The van der Waals surface area contributed by atoms with Crippen LogP contribution in [0.1, 0.15) is 63.6 Å². The summed E-state index contributed by atoms with van der Waals surface area (Å²) in [6, 6.07) is 10.6. The molecule has 1 aliphatic rings. The van der Waals surface area contributed by atoms with Crippen molar-refractivity contribution < 1.29 is 28.7 Å². The Balaban J connectivity index is 1.63. The third-order valence-electron chi connectivity index (χ3n) is 6.34. The van der Waals surface area contributed by atoms with Gasteiger partial charge in [0.15, 0.2) is 6.04 Å². The van der Waals surface area contributed by atoms with Gasteiger partial charge in [-0.25, -0.2) is 24.3 Å². The van der Waals surface area contributed by atoms with Gasteiger partial charge in [0.1, 0.15) is 5.82 Å². The summed E-state index contributed by atoms with van der Waals surface area (Å²) >= 11 is 0. The number of hydrogen-bond donors (Lipinski definition) is 2. The number of anilines is 1. The van der Waals surface area contributed by atoms with E-state index in [1.165, 1.54) is 6.20 Å². The molecule has 0 spiro atoms. The van der Waals surface area contributed by atoms with Crippen molar-refractivity contribution in [3.05, 3.63) is 59.8 Å². The van der Waals surface area contributed by atoms with Crippen LogP contribution < -0.4 is 10.6 Å². The average molecular weight is 525 g/mol. The minimum atomic E-state index is -1.05. The van der Waals surface area contributed by atoms with E-state index in [9.17, 15) is 19.2 Å². The van der Waals surface area contributed by atoms with Gasteiger partial charge in [0.25, 0.3) is 0 Å². The van der Waals surface area contributed by atoms with Crippen LogP contribution >= 0.6 is 0 Å². The number of urea groups is 1. The van der Waals surface area contributed by atoms with E-state index >= 15 is 0 Å². The second-order valence-electron chi connectivity index (χ2n) is 9.17. The number of nitrogens with one attached hydrogen (secondary N) is 2. The fourth-order valence-electron chi connectivity index (χ4n) is 4.31. The lowest BCUT2D eigenvalue weighted by molar-refractivity contribution is -0.169. The maximum Gasteiger partial charge on any atom is 0.412 e. The van der Waals surface area contributed by atoms with Crippen molar-refractivity contribution in [1.29, 1.82) is 0 Å². The van der Waals surface area contributed by atoms with Gasteiger partial charge in [-0.05, 0) is 49.9 Å². The summed E-state index contributed by atoms with van der Waals surface area (Å²) in [5.41, 5.74) is 1.54. The molecule has 4 amide bonds. The predicted octanol–water partition coefficient (Wildman–Crippen LogP) is 4.61. The van der Waals surface area contributed by atoms with Crippen LogP contribution in [0.15, 0.2) is 48.7 Å². The van der Waals surface area contributed by atoms with Gasteiger partial charge in [0, 0.05) is 6.20 Å². The summed E-state index contributed by atoms with van der Waals surface area (Å²) in [6.07, 6.45) is 5.04. The van der Waals surface area contributed by atoms with Crippen molar-refractivity contribution in [3.63, 3.8) is 0 Å². The number of esters is 1. The Labute approximate surface area is 223 Å². The largest absolute Gasteiger partial charge is 0.464 e. The Morgan fingerprint density at radius 1 is 1.05 bits per heavy atom. The van der Waals surface area contributed by atoms with Crippen LogP contribution in [0.3, 0.4) is 0 Å². The number of imide groups is 1. The highest BCUT2D eigenvalue weighted by Crippen LogP contribution is 2.32. The summed E-state index contributed by atoms with van der Waals surface area (Å²) in [6.45, 7) is 6.02. The number of rotatable bonds is 12. The van der Waals surface area contributed by atoms with Crippen molar-refractivity contribution in [3.8, 4) is 0 Å². The van der Waals surface area contributed by atoms with E-state index in [4.69, 9.17) is 9.47 Å². The number of carbonyl (C=O) groups is 4. The van der Waals surface area contributed by atoms with Gasteiger partial charge in [-0.1, -0.05) is 56.5 Å². The molecule has 1 saturated heterocycles. The van der Waals surface area contributed by atoms with Crippen LogP contribution in [0.2, 0.25) is 0 Å². The molecule has 1 aromatic heterocycles. The van der Waals surface area contributed by atoms with E-state index in [1.807, 2.05) is 30.3 Å². The summed E-state index contributed by atoms with van der Waals surface area (Å²) < 4.78 is 10.4. The number of carbonyl (C=O) groups excluding carboxylic acids is 4. The second kappa shape index (κ2) is 14.1. The number of amides is 4. The van der Waals surface area contributed by atoms with E-state index in [1.54, 1.807) is 26.0 Å². The predicted molar refractivity (Wildman–Crippen MR) is 141 cm³/mol. The zero-order chi connectivity index (χ0) is 27.5. The van der Waals surface area contributed by atoms with Crippen LogP contribution in [0.5, 0.6) is 0 Å². The number of benzene rings is 1. The van der Waals surface area contributed by atoms with E-state index < -0.39 is 36.0 Å². The SMILES string of the molecule is CCCCCCOC(=O)Nc1cc(C[C@H]2C(=O)N(C(=O)N[C@H](C)c3ccccc3)[C@@H]2C(=O)OCC)ccn1. The highest BCUT2D eigenvalue weighted by molar-refractivity contribution is 6.08. The molecule has 2 heterocycles. The average Bonchev–Trinajstić information content (AvgIpc) is 2.90. The Kier molecular flexibility index (Phi) is 10.6. The lowest BCUT2D eigenvalue weighted by Gasteiger charge is -2.44. The molecule has 0 bridgehead atoms. The first kappa shape index (κ1) is 28.6. The van der Waals surface area contributed by atoms with Crippen LogP contribution in [-0.2, 0) is 25.5 Å². The number of ether oxygens (including phenoxy) is 2. The molecule has 1 aliphatic heterocycles. The fourth-order valence-corrected chi connectivity index (χ4v) is 4.31. The monoisotopic (exact) mass is 524 g/mol. The highest BCUT2D eigenvalue weighted by atomic mass is 16.5. The molecule has 3 atom stereocenters. The molecule has 38 heavy (non-hydrogen) atoms. The minimum Gasteiger partial charge on any atom is -0.464 e. The summed E-state index contributed by atoms with van der Waals surface area (Å²) in [5, 5.41) is 5.37. The van der Waals surface area contributed by atoms with Crippen molar-refractivity contribution in [2.75, 3.05) is 18.5 Å². The number of β-lactam (4-membered cyclic amide) rings is 1. The van der Waals surface area contributed by atoms with Gasteiger partial charge in [-0.3, -0.25) is 10.1 Å². The van der Waals surface area contributed by atoms with Crippen LogP contribution in [0, 0.1) is 5.92 Å². The topological polar surface area (TPSA) is 127 Å². The van der Waals surface area contributed by atoms with E-state index in [0.29, 0.717) is 12.2 Å². The Morgan fingerprint density at radius 2 is 1.82 bits per heavy atom. The van der Waals surface area contributed by atoms with E-state index in [-0.39, 0.29) is 24.9 Å². The normalized spacial score (nSPS) is 17.2. The van der Waals surface area contributed by atoms with Crippen LogP contribution in [-0.4, -0.2) is 53.1 Å². The number of aromatic nitrogens is 1. The van der Waals surface area contributed by atoms with Crippen molar-refractivity contribution >= 4 is 29.8 Å². The van der Waals surface area contributed by atoms with E-state index in [0.717, 1.165) is 36.1 Å². The molecule has 0 unspecified atom stereocenters. The van der Waals surface area contributed by atoms with Gasteiger partial charge in [0.2, 0.25) is 5.91 Å². The molecule has 2 aromatic rings. The van der Waals surface area contributed by atoms with E-state index in [2.05, 4.69) is 22.5 Å². The molecular weight excluding hydrogens is 488 g/mol. The van der Waals surface area contributed by atoms with Crippen molar-refractivity contribution in [2.45, 2.75) is 65.0 Å². The number of nitrogens with zero attached hydrogens (tertiary/aromatic N) is 2. The van der Waals surface area contributed by atoms with Crippen LogP contribution in [0.25, 0.3) is 0 Å². The molecule has 1 aromatic carbocycles. The number of unbranched alkanes of at least 4 members (excludes halogenated alkanes) is 3. The summed E-state index contributed by atoms with van der Waals surface area (Å²) in [7, 11) is 0. The van der Waals surface area contributed by atoms with Gasteiger partial charge >= 0.3 is 18.1 Å². The first-order valence-corrected chi connectivity index (χ1v) is 13.1. The Hall–Kier alpha value is -3.95. The molecule has 10 nitrogen and oxygen atoms in total. The molecule has 10 heteroatoms. The number of likely N-dealkylation sites (tertiary alicyclic amines) is 1. The van der Waals surface area contributed by atoms with Gasteiger partial charge in [-0.2, -0.15) is 0 Å². The Morgan fingerprint density at radius 3 is 2.53 bits per heavy atom. The van der Waals surface area contributed by atoms with Gasteiger partial charge < -0.3 is 14.8 Å². The standard InChI is InChI=1S/C28H36N4O6/c1-4-6-7-11-16-38-28(36)31-23-18-20(14-15-29-23)17-22-24(26(34)37-5-2)32(25(22)33)27(35)30-19(3)21-12-9-8-10-13-21/h8-10,12-15,18-19,22,24H,4-7,11,16-17H2,1-3H3,(H,30,35)(H,29,31,36)/t19-,22-,24+/m1/s1. The smallest absolute Gasteiger partial charge is 0.412 e. The molecule has 0 radical (unpaired) electrons. The maximum absolute atomic E-state index is 13.1. The molecule has 1 fully saturated rings. The van der Waals surface area contributed by atoms with Crippen LogP contribution in [0.4, 0.5) is 15.4 Å². The summed E-state index contributed by atoms with van der Waals surface area (Å²) in [4.78, 5) is 55.9. The molecule has 204 valence electrons. The van der Waals surface area contributed by atoms with Crippen molar-refractivity contribution in [1.82, 2.24) is 15.2 Å². The van der Waals surface area contributed by atoms with Gasteiger partial charge in [0.05, 0.1) is 25.2 Å². The first-order chi connectivity index (χ1) is 18.3. The molecule has 0 saturated carbocycles. The zero-order valence-electron chi connectivity index (χ0n) is 22.1. The zero-order valence-corrected chi connectivity index (χ0v) is 22.1. The first-order valence-electron chi connectivity index (χ1n) is 13.1. The minimum absolute atomic E-state index is 0.121. The number of hydrogen-bond acceptors (Lipinski definition) is 7. The second-order valence-corrected chi connectivity index (χ2v) is 9.17. The lowest BCUT2D eigenvalue weighted by Crippen LogP contribution is -2.69. The quantitative estimate of drug-likeness (QED) is 0.236. The fraction of sp³-hybridized carbons (Fsp3) is 0.464. The van der Waals surface area contributed by atoms with Gasteiger partial charge in [-0.15, -0.1) is 0 Å². The number of pyridine rings is 1. The third-order valence-corrected chi connectivity index (χ3v) is 6.34. The molecule has 2 N–H and O–H groups in total. The maximum atomic E-state index is 13.1. The highest BCUT2D eigenvalue weighted by Gasteiger charge is 2.55.